The summed E-state index contributed by atoms with van der Waals surface area (Å²) in [5, 5.41) is 0. The van der Waals surface area contributed by atoms with Gasteiger partial charge in [-0.25, -0.2) is 0 Å². The molecule has 0 aliphatic heterocycles. The van der Waals surface area contributed by atoms with Crippen molar-refractivity contribution in [3.05, 3.63) is 106 Å². The highest BCUT2D eigenvalue weighted by Gasteiger charge is 2.41. The maximum atomic E-state index is 15.1. The molecule has 0 unspecified atom stereocenters. The molecule has 0 heterocycles. The monoisotopic (exact) mass is 764 g/mol. The van der Waals surface area contributed by atoms with Crippen LogP contribution in [0.15, 0.2) is 72.8 Å². The van der Waals surface area contributed by atoms with Crippen LogP contribution in [0.25, 0.3) is 0 Å². The highest BCUT2D eigenvalue weighted by Crippen LogP contribution is 2.51. The molecule has 4 aromatic carbocycles. The number of hydrogen-bond acceptors (Lipinski definition) is 8. The van der Waals surface area contributed by atoms with E-state index in [1.54, 1.807) is 12.1 Å². The number of ketones is 2. The van der Waals surface area contributed by atoms with Crippen molar-refractivity contribution in [1.82, 2.24) is 0 Å². The molecule has 0 N–H and O–H groups in total. The van der Waals surface area contributed by atoms with Crippen molar-refractivity contribution >= 4 is 11.6 Å². The molecule has 0 aromatic heterocycles. The number of unbranched alkanes of at least 4 members (excludes halogenated alkanes) is 8. The van der Waals surface area contributed by atoms with Crippen LogP contribution in [0.5, 0.6) is 34.5 Å². The van der Waals surface area contributed by atoms with Gasteiger partial charge in [0.15, 0.2) is 34.6 Å². The average Bonchev–Trinajstić information content (AvgIpc) is 3.22. The summed E-state index contributed by atoms with van der Waals surface area (Å²) in [5.74, 6) is 1.08. The Kier molecular flexibility index (Phi) is 17.0. The molecule has 1 aliphatic carbocycles. The van der Waals surface area contributed by atoms with Gasteiger partial charge in [0.2, 0.25) is 11.5 Å². The molecule has 0 saturated carbocycles. The second-order valence-electron chi connectivity index (χ2n) is 14.3. The van der Waals surface area contributed by atoms with Crippen molar-refractivity contribution in [2.45, 2.75) is 118 Å². The standard InChI is InChI=1S/C48H60O8/c1-5-9-19-27-51-39-31-37-41(47(45(39)53-29-21-11-7-3)55-33-35-23-15-13-16-24-35)44(50)38-32-40(52-28-20-10-6-2)46(54-30-22-12-8-4)48(42(38)43(37)49)56-34-36-25-17-14-18-26-36/h13-18,23-26,31-32H,5-12,19-22,27-30,33-34H2,1-4H3. The molecule has 0 saturated heterocycles. The molecule has 0 atom stereocenters. The first kappa shape index (κ1) is 42.2. The Morgan fingerprint density at radius 3 is 1.07 bits per heavy atom. The molecule has 1 aliphatic rings. The smallest absolute Gasteiger partial charge is 0.204 e. The Hall–Kier alpha value is -4.98. The van der Waals surface area contributed by atoms with Crippen LogP contribution in [0.3, 0.4) is 0 Å². The minimum Gasteiger partial charge on any atom is -0.490 e. The van der Waals surface area contributed by atoms with Crippen molar-refractivity contribution in [2.24, 2.45) is 0 Å². The lowest BCUT2D eigenvalue weighted by Crippen LogP contribution is -2.25. The van der Waals surface area contributed by atoms with E-state index in [1.165, 1.54) is 0 Å². The number of rotatable bonds is 26. The van der Waals surface area contributed by atoms with Crippen LogP contribution in [0.4, 0.5) is 0 Å². The molecule has 300 valence electrons. The predicted octanol–water partition coefficient (Wildman–Crippen LogP) is 11.9. The van der Waals surface area contributed by atoms with Crippen LogP contribution in [0.1, 0.15) is 148 Å². The number of benzene rings is 4. The third-order valence-electron chi connectivity index (χ3n) is 9.80. The Bertz CT molecular complexity index is 1700. The van der Waals surface area contributed by atoms with Gasteiger partial charge in [-0.05, 0) is 48.9 Å². The van der Waals surface area contributed by atoms with E-state index < -0.39 is 0 Å². The van der Waals surface area contributed by atoms with Crippen molar-refractivity contribution in [3.63, 3.8) is 0 Å². The molecule has 5 rings (SSSR count). The van der Waals surface area contributed by atoms with Gasteiger partial charge in [0.05, 0.1) is 37.6 Å². The van der Waals surface area contributed by atoms with E-state index in [9.17, 15) is 0 Å². The third-order valence-corrected chi connectivity index (χ3v) is 9.80. The van der Waals surface area contributed by atoms with Gasteiger partial charge in [0.1, 0.15) is 13.2 Å². The van der Waals surface area contributed by atoms with Crippen molar-refractivity contribution in [3.8, 4) is 34.5 Å². The number of carbonyl (C=O) groups excluding carboxylic acids is 2. The number of ether oxygens (including phenoxy) is 6. The van der Waals surface area contributed by atoms with Gasteiger partial charge in [-0.2, -0.15) is 0 Å². The maximum absolute atomic E-state index is 15.1. The zero-order valence-corrected chi connectivity index (χ0v) is 33.9. The van der Waals surface area contributed by atoms with Crippen LogP contribution >= 0.6 is 0 Å². The zero-order valence-electron chi connectivity index (χ0n) is 33.9. The van der Waals surface area contributed by atoms with Gasteiger partial charge in [-0.1, -0.05) is 140 Å². The van der Waals surface area contributed by atoms with Gasteiger partial charge in [0.25, 0.3) is 0 Å². The van der Waals surface area contributed by atoms with Crippen LogP contribution < -0.4 is 28.4 Å². The van der Waals surface area contributed by atoms with Gasteiger partial charge in [-0.15, -0.1) is 0 Å². The van der Waals surface area contributed by atoms with Crippen LogP contribution in [0.2, 0.25) is 0 Å². The average molecular weight is 765 g/mol. The highest BCUT2D eigenvalue weighted by molar-refractivity contribution is 6.31. The Morgan fingerprint density at radius 2 is 0.732 bits per heavy atom. The molecule has 0 spiro atoms. The first-order valence-electron chi connectivity index (χ1n) is 20.9. The fraction of sp³-hybridized carbons (Fsp3) is 0.458. The molecule has 0 bridgehead atoms. The van der Waals surface area contributed by atoms with Crippen molar-refractivity contribution in [2.75, 3.05) is 26.4 Å². The molecule has 8 nitrogen and oxygen atoms in total. The minimum atomic E-state index is -0.380. The normalized spacial score (nSPS) is 11.9. The lowest BCUT2D eigenvalue weighted by molar-refractivity contribution is 0.0967. The summed E-state index contributed by atoms with van der Waals surface area (Å²) < 4.78 is 38.9. The summed E-state index contributed by atoms with van der Waals surface area (Å²) in [6.45, 7) is 10.5. The predicted molar refractivity (Wildman–Crippen MR) is 221 cm³/mol. The van der Waals surface area contributed by atoms with Crippen LogP contribution in [-0.4, -0.2) is 38.0 Å². The van der Waals surface area contributed by atoms with Crippen molar-refractivity contribution < 1.29 is 38.0 Å². The lowest BCUT2D eigenvalue weighted by Gasteiger charge is -2.27. The fourth-order valence-corrected chi connectivity index (χ4v) is 6.66. The minimum absolute atomic E-state index is 0.146. The van der Waals surface area contributed by atoms with Crippen LogP contribution in [0, 0.1) is 0 Å². The first-order valence-corrected chi connectivity index (χ1v) is 20.9. The number of hydrogen-bond donors (Lipinski definition) is 0. The molecule has 8 heteroatoms. The summed E-state index contributed by atoms with van der Waals surface area (Å²) >= 11 is 0. The first-order chi connectivity index (χ1) is 27.5. The maximum Gasteiger partial charge on any atom is 0.204 e. The van der Waals surface area contributed by atoms with E-state index in [0.717, 1.165) is 88.2 Å². The van der Waals surface area contributed by atoms with E-state index in [-0.39, 0.29) is 58.5 Å². The van der Waals surface area contributed by atoms with E-state index in [4.69, 9.17) is 28.4 Å². The van der Waals surface area contributed by atoms with E-state index >= 15 is 9.59 Å². The Balaban J connectivity index is 1.69. The van der Waals surface area contributed by atoms with Gasteiger partial charge < -0.3 is 28.4 Å². The fourth-order valence-electron chi connectivity index (χ4n) is 6.66. The molecule has 56 heavy (non-hydrogen) atoms. The molecular weight excluding hydrogens is 705 g/mol. The quantitative estimate of drug-likeness (QED) is 0.0514. The summed E-state index contributed by atoms with van der Waals surface area (Å²) in [4.78, 5) is 30.2. The van der Waals surface area contributed by atoms with E-state index in [1.807, 2.05) is 60.7 Å². The van der Waals surface area contributed by atoms with Gasteiger partial charge in [-0.3, -0.25) is 9.59 Å². The van der Waals surface area contributed by atoms with Gasteiger partial charge >= 0.3 is 0 Å². The van der Waals surface area contributed by atoms with Crippen molar-refractivity contribution in [1.29, 1.82) is 0 Å². The van der Waals surface area contributed by atoms with Gasteiger partial charge in [0, 0.05) is 11.1 Å². The second-order valence-corrected chi connectivity index (χ2v) is 14.3. The molecule has 0 fully saturated rings. The Morgan fingerprint density at radius 1 is 0.393 bits per heavy atom. The zero-order chi connectivity index (χ0) is 39.5. The van der Waals surface area contributed by atoms with Crippen LogP contribution in [-0.2, 0) is 13.2 Å². The van der Waals surface area contributed by atoms with E-state index in [2.05, 4.69) is 27.7 Å². The highest BCUT2D eigenvalue weighted by atomic mass is 16.5. The summed E-state index contributed by atoms with van der Waals surface area (Å²) in [7, 11) is 0. The molecule has 0 radical (unpaired) electrons. The largest absolute Gasteiger partial charge is 0.490 e. The molecular formula is C48H60O8. The Labute approximate surface area is 333 Å². The molecule has 0 amide bonds. The SMILES string of the molecule is CCCCCOc1cc2c(c(OCc3ccccc3)c1OCCCCC)C(=O)c1cc(OCCCCC)c(OCCCCC)c(OCc3ccccc3)c1C2=O. The lowest BCUT2D eigenvalue weighted by atomic mass is 9.82. The summed E-state index contributed by atoms with van der Waals surface area (Å²) in [5.41, 5.74) is 2.46. The summed E-state index contributed by atoms with van der Waals surface area (Å²) in [6.07, 6.45) is 11.4. The second kappa shape index (κ2) is 22.5. The number of carbonyl (C=O) groups is 2. The van der Waals surface area contributed by atoms with E-state index in [0.29, 0.717) is 49.4 Å². The molecule has 4 aromatic rings. The third kappa shape index (κ3) is 11.1. The number of fused-ring (bicyclic) bond motifs is 2. The topological polar surface area (TPSA) is 89.5 Å². The summed E-state index contributed by atoms with van der Waals surface area (Å²) in [6, 6.07) is 22.8.